The summed E-state index contributed by atoms with van der Waals surface area (Å²) in [6, 6.07) is 2.18. The minimum atomic E-state index is 0.208. The van der Waals surface area contributed by atoms with Crippen LogP contribution >= 0.6 is 11.6 Å². The first-order valence-electron chi connectivity index (χ1n) is 5.83. The van der Waals surface area contributed by atoms with E-state index in [0.29, 0.717) is 17.6 Å². The Morgan fingerprint density at radius 2 is 2.41 bits per heavy atom. The fourth-order valence-electron chi connectivity index (χ4n) is 2.26. The molecule has 1 fully saturated rings. The Balaban J connectivity index is 2.27. The fourth-order valence-corrected chi connectivity index (χ4v) is 2.58. The molecule has 2 rings (SSSR count). The van der Waals surface area contributed by atoms with E-state index in [1.54, 1.807) is 6.20 Å². The molecule has 0 radical (unpaired) electrons. The average molecular weight is 256 g/mol. The van der Waals surface area contributed by atoms with Gasteiger partial charge in [-0.05, 0) is 25.0 Å². The highest BCUT2D eigenvalue weighted by Crippen LogP contribution is 2.30. The molecule has 1 aliphatic heterocycles. The molecule has 0 spiro atoms. The zero-order chi connectivity index (χ0) is 12.4. The molecular weight excluding hydrogens is 238 g/mol. The van der Waals surface area contributed by atoms with Crippen molar-refractivity contribution in [1.82, 2.24) is 4.98 Å². The molecule has 1 aliphatic rings. The molecule has 0 aliphatic carbocycles. The van der Waals surface area contributed by atoms with Crippen molar-refractivity contribution in [2.75, 3.05) is 18.6 Å². The SMILES string of the molecule is CC1OCCC1N(C)c1nccc(CN)c1Cl. The molecule has 17 heavy (non-hydrogen) atoms. The predicted molar refractivity (Wildman–Crippen MR) is 69.4 cm³/mol. The molecule has 1 aromatic rings. The minimum Gasteiger partial charge on any atom is -0.376 e. The number of hydrogen-bond acceptors (Lipinski definition) is 4. The topological polar surface area (TPSA) is 51.4 Å². The molecule has 2 heterocycles. The minimum absolute atomic E-state index is 0.208. The number of hydrogen-bond donors (Lipinski definition) is 1. The second-order valence-corrected chi connectivity index (χ2v) is 4.73. The highest BCUT2D eigenvalue weighted by Gasteiger charge is 2.29. The van der Waals surface area contributed by atoms with Crippen LogP contribution in [-0.4, -0.2) is 30.8 Å². The van der Waals surface area contributed by atoms with E-state index in [-0.39, 0.29) is 6.10 Å². The van der Waals surface area contributed by atoms with Gasteiger partial charge in [-0.25, -0.2) is 4.98 Å². The monoisotopic (exact) mass is 255 g/mol. The van der Waals surface area contributed by atoms with E-state index < -0.39 is 0 Å². The second kappa shape index (κ2) is 5.21. The Bertz CT molecular complexity index is 399. The number of anilines is 1. The van der Waals surface area contributed by atoms with Crippen LogP contribution in [0.2, 0.25) is 5.02 Å². The van der Waals surface area contributed by atoms with Crippen molar-refractivity contribution in [3.8, 4) is 0 Å². The molecule has 0 aromatic carbocycles. The van der Waals surface area contributed by atoms with Gasteiger partial charge in [0.1, 0.15) is 5.82 Å². The van der Waals surface area contributed by atoms with Gasteiger partial charge in [0.25, 0.3) is 0 Å². The van der Waals surface area contributed by atoms with Crippen molar-refractivity contribution in [1.29, 1.82) is 0 Å². The Labute approximate surface area is 107 Å². The maximum atomic E-state index is 6.30. The van der Waals surface area contributed by atoms with E-state index in [1.807, 2.05) is 13.1 Å². The van der Waals surface area contributed by atoms with Crippen molar-refractivity contribution in [3.05, 3.63) is 22.8 Å². The average Bonchev–Trinajstić information content (AvgIpc) is 2.75. The van der Waals surface area contributed by atoms with Crippen molar-refractivity contribution >= 4 is 17.4 Å². The van der Waals surface area contributed by atoms with Crippen molar-refractivity contribution < 1.29 is 4.74 Å². The lowest BCUT2D eigenvalue weighted by Gasteiger charge is -2.28. The van der Waals surface area contributed by atoms with E-state index in [9.17, 15) is 0 Å². The smallest absolute Gasteiger partial charge is 0.147 e. The first kappa shape index (κ1) is 12.6. The van der Waals surface area contributed by atoms with Gasteiger partial charge < -0.3 is 15.4 Å². The number of rotatable bonds is 3. The molecule has 2 atom stereocenters. The Hall–Kier alpha value is -0.840. The van der Waals surface area contributed by atoms with Crippen LogP contribution in [0.15, 0.2) is 12.3 Å². The van der Waals surface area contributed by atoms with Crippen LogP contribution in [0.25, 0.3) is 0 Å². The molecule has 94 valence electrons. The van der Waals surface area contributed by atoms with Gasteiger partial charge in [-0.2, -0.15) is 0 Å². The summed E-state index contributed by atoms with van der Waals surface area (Å²) < 4.78 is 5.57. The summed E-state index contributed by atoms with van der Waals surface area (Å²) in [6.07, 6.45) is 2.96. The van der Waals surface area contributed by atoms with Crippen molar-refractivity contribution in [3.63, 3.8) is 0 Å². The summed E-state index contributed by atoms with van der Waals surface area (Å²) in [5.41, 5.74) is 6.57. The Morgan fingerprint density at radius 3 is 3.00 bits per heavy atom. The van der Waals surface area contributed by atoms with Crippen molar-refractivity contribution in [2.24, 2.45) is 5.73 Å². The summed E-state index contributed by atoms with van der Waals surface area (Å²) in [7, 11) is 2.00. The third-order valence-corrected chi connectivity index (χ3v) is 3.75. The third kappa shape index (κ3) is 2.39. The lowest BCUT2D eigenvalue weighted by atomic mass is 10.1. The number of nitrogens with zero attached hydrogens (tertiary/aromatic N) is 2. The zero-order valence-electron chi connectivity index (χ0n) is 10.2. The summed E-state index contributed by atoms with van der Waals surface area (Å²) in [6.45, 7) is 3.30. The molecule has 5 heteroatoms. The molecule has 2 unspecified atom stereocenters. The van der Waals surface area contributed by atoms with Gasteiger partial charge in [0, 0.05) is 26.4 Å². The maximum Gasteiger partial charge on any atom is 0.147 e. The number of nitrogens with two attached hydrogens (primary N) is 1. The zero-order valence-corrected chi connectivity index (χ0v) is 10.9. The number of likely N-dealkylation sites (N-methyl/N-ethyl adjacent to an activating group) is 1. The normalized spacial score (nSPS) is 24.0. The van der Waals surface area contributed by atoms with Crippen LogP contribution in [0.1, 0.15) is 18.9 Å². The van der Waals surface area contributed by atoms with Gasteiger partial charge in [-0.3, -0.25) is 0 Å². The second-order valence-electron chi connectivity index (χ2n) is 4.35. The highest BCUT2D eigenvalue weighted by molar-refractivity contribution is 6.33. The molecule has 0 bridgehead atoms. The number of aromatic nitrogens is 1. The van der Waals surface area contributed by atoms with E-state index in [0.717, 1.165) is 24.4 Å². The van der Waals surface area contributed by atoms with Gasteiger partial charge in [0.15, 0.2) is 0 Å². The summed E-state index contributed by atoms with van der Waals surface area (Å²) >= 11 is 6.30. The maximum absolute atomic E-state index is 6.30. The summed E-state index contributed by atoms with van der Waals surface area (Å²) in [5.74, 6) is 0.789. The first-order chi connectivity index (χ1) is 8.15. The Kier molecular flexibility index (Phi) is 3.86. The number of pyridine rings is 1. The van der Waals surface area contributed by atoms with E-state index in [2.05, 4.69) is 16.8 Å². The molecule has 1 saturated heterocycles. The predicted octanol–water partition coefficient (Wildman–Crippen LogP) is 1.81. The van der Waals surface area contributed by atoms with Crippen LogP contribution in [0.5, 0.6) is 0 Å². The van der Waals surface area contributed by atoms with Crippen LogP contribution in [0, 0.1) is 0 Å². The molecule has 1 aromatic heterocycles. The number of ether oxygens (including phenoxy) is 1. The lowest BCUT2D eigenvalue weighted by molar-refractivity contribution is 0.118. The van der Waals surface area contributed by atoms with Gasteiger partial charge >= 0.3 is 0 Å². The fraction of sp³-hybridized carbons (Fsp3) is 0.583. The van der Waals surface area contributed by atoms with E-state index in [4.69, 9.17) is 22.1 Å². The number of halogens is 1. The summed E-state index contributed by atoms with van der Waals surface area (Å²) in [5, 5.41) is 0.650. The summed E-state index contributed by atoms with van der Waals surface area (Å²) in [4.78, 5) is 6.45. The van der Waals surface area contributed by atoms with Crippen LogP contribution in [0.3, 0.4) is 0 Å². The molecular formula is C12H18ClN3O. The van der Waals surface area contributed by atoms with Crippen molar-refractivity contribution in [2.45, 2.75) is 32.0 Å². The van der Waals surface area contributed by atoms with Gasteiger partial charge in [0.2, 0.25) is 0 Å². The van der Waals surface area contributed by atoms with Crippen LogP contribution in [0.4, 0.5) is 5.82 Å². The van der Waals surface area contributed by atoms with Crippen LogP contribution in [-0.2, 0) is 11.3 Å². The van der Waals surface area contributed by atoms with Gasteiger partial charge in [-0.15, -0.1) is 0 Å². The highest BCUT2D eigenvalue weighted by atomic mass is 35.5. The lowest BCUT2D eigenvalue weighted by Crippen LogP contribution is -2.37. The van der Waals surface area contributed by atoms with Gasteiger partial charge in [-0.1, -0.05) is 11.6 Å². The molecule has 4 nitrogen and oxygen atoms in total. The largest absolute Gasteiger partial charge is 0.376 e. The standard InChI is InChI=1S/C12H18ClN3O/c1-8-10(4-6-17-8)16(2)12-11(13)9(7-14)3-5-15-12/h3,5,8,10H,4,6-7,14H2,1-2H3. The third-order valence-electron chi connectivity index (χ3n) is 3.34. The molecule has 2 N–H and O–H groups in total. The van der Waals surface area contributed by atoms with Gasteiger partial charge in [0.05, 0.1) is 17.2 Å². The van der Waals surface area contributed by atoms with Crippen LogP contribution < -0.4 is 10.6 Å². The van der Waals surface area contributed by atoms with E-state index in [1.165, 1.54) is 0 Å². The Morgan fingerprint density at radius 1 is 1.65 bits per heavy atom. The molecule has 0 amide bonds. The molecule has 0 saturated carbocycles. The first-order valence-corrected chi connectivity index (χ1v) is 6.20. The van der Waals surface area contributed by atoms with E-state index >= 15 is 0 Å². The quantitative estimate of drug-likeness (QED) is 0.895.